The van der Waals surface area contributed by atoms with Crippen LogP contribution in [-0.4, -0.2) is 32.0 Å². The number of aromatic nitrogens is 3. The first-order chi connectivity index (χ1) is 5.36. The van der Waals surface area contributed by atoms with Gasteiger partial charge in [-0.25, -0.2) is 0 Å². The summed E-state index contributed by atoms with van der Waals surface area (Å²) in [5.74, 6) is 0. The van der Waals surface area contributed by atoms with Crippen molar-refractivity contribution in [3.63, 3.8) is 0 Å². The molecule has 0 fully saturated rings. The van der Waals surface area contributed by atoms with Crippen molar-refractivity contribution in [3.8, 4) is 10.7 Å². The summed E-state index contributed by atoms with van der Waals surface area (Å²) < 4.78 is 1.04. The number of thiazole rings is 1. The zero-order valence-corrected chi connectivity index (χ0v) is 9.45. The zero-order valence-electron chi connectivity index (χ0n) is 5.39. The van der Waals surface area contributed by atoms with Crippen LogP contribution in [0.25, 0.3) is 10.7 Å². The second kappa shape index (κ2) is 3.01. The van der Waals surface area contributed by atoms with Crippen molar-refractivity contribution in [1.29, 1.82) is 0 Å². The summed E-state index contributed by atoms with van der Waals surface area (Å²) in [6, 6.07) is 0. The Morgan fingerprint density at radius 2 is 2.27 bits per heavy atom. The number of hydrogen-bond acceptors (Lipinski definition) is 5. The Bertz CT molecular complexity index is 342. The van der Waals surface area contributed by atoms with E-state index in [2.05, 4.69) is 15.2 Å². The van der Waals surface area contributed by atoms with E-state index in [1.807, 2.05) is 5.38 Å². The average molecular weight is 245 g/mol. The maximum atomic E-state index is 4.13. The van der Waals surface area contributed by atoms with E-state index in [-0.39, 0.29) is 0 Å². The van der Waals surface area contributed by atoms with Crippen molar-refractivity contribution in [1.82, 2.24) is 15.2 Å². The Labute approximate surface area is 80.0 Å². The van der Waals surface area contributed by atoms with Crippen molar-refractivity contribution in [2.45, 2.75) is 0 Å². The molecular weight excluding hydrogens is 241 g/mol. The predicted octanol–water partition coefficient (Wildman–Crippen LogP) is -0.0800. The summed E-state index contributed by atoms with van der Waals surface area (Å²) >= 11 is 4.68. The van der Waals surface area contributed by atoms with E-state index in [9.17, 15) is 0 Å². The van der Waals surface area contributed by atoms with Gasteiger partial charge in [0.2, 0.25) is 0 Å². The molecule has 0 bridgehead atoms. The average Bonchev–Trinajstić information content (AvgIpc) is 2.55. The van der Waals surface area contributed by atoms with E-state index in [4.69, 9.17) is 0 Å². The first kappa shape index (κ1) is 7.40. The molecule has 11 heavy (non-hydrogen) atoms. The first-order valence-corrected chi connectivity index (χ1v) is 5.81. The van der Waals surface area contributed by atoms with Gasteiger partial charge in [0, 0.05) is 0 Å². The summed E-state index contributed by atoms with van der Waals surface area (Å²) in [5, 5.41) is 10.8. The van der Waals surface area contributed by atoms with E-state index in [0.29, 0.717) is 0 Å². The molecule has 3 nitrogen and oxygen atoms in total. The van der Waals surface area contributed by atoms with Gasteiger partial charge in [-0.1, -0.05) is 0 Å². The van der Waals surface area contributed by atoms with Gasteiger partial charge in [0.25, 0.3) is 0 Å². The second-order valence-electron chi connectivity index (χ2n) is 1.82. The Kier molecular flexibility index (Phi) is 2.02. The molecule has 0 spiro atoms. The van der Waals surface area contributed by atoms with Crippen LogP contribution in [0.5, 0.6) is 0 Å². The Balaban J connectivity index is 2.45. The van der Waals surface area contributed by atoms with E-state index in [1.54, 1.807) is 28.2 Å². The molecule has 2 rings (SSSR count). The molecule has 0 radical (unpaired) electrons. The van der Waals surface area contributed by atoms with Crippen LogP contribution in [0.3, 0.4) is 0 Å². The van der Waals surface area contributed by atoms with Crippen molar-refractivity contribution >= 4 is 43.3 Å². The van der Waals surface area contributed by atoms with Crippen LogP contribution in [0.2, 0.25) is 0 Å². The van der Waals surface area contributed by atoms with Gasteiger partial charge in [-0.3, -0.25) is 0 Å². The van der Waals surface area contributed by atoms with Crippen molar-refractivity contribution in [2.75, 3.05) is 0 Å². The Hall–Kier alpha value is -0.252. The molecule has 1 unspecified atom stereocenters. The Morgan fingerprint density at radius 3 is 2.82 bits per heavy atom. The molecule has 0 aliphatic carbocycles. The maximum absolute atomic E-state index is 4.13. The molecule has 0 aliphatic rings. The summed E-state index contributed by atoms with van der Waals surface area (Å²) in [5.41, 5.74) is 2.74. The first-order valence-electron chi connectivity index (χ1n) is 2.84. The molecule has 0 aliphatic heterocycles. The topological polar surface area (TPSA) is 38.7 Å². The molecular formula is C5H4AsN3S2. The minimum absolute atomic E-state index is 0.922. The van der Waals surface area contributed by atoms with Crippen molar-refractivity contribution in [3.05, 3.63) is 10.9 Å². The van der Waals surface area contributed by atoms with Crippen molar-refractivity contribution < 1.29 is 0 Å². The van der Waals surface area contributed by atoms with Crippen LogP contribution in [0, 0.1) is 0 Å². The molecule has 1 atom stereocenters. The number of hydrogen-bond donors (Lipinski definition) is 0. The molecule has 56 valence electrons. The molecule has 2 heterocycles. The monoisotopic (exact) mass is 245 g/mol. The fourth-order valence-corrected chi connectivity index (χ4v) is 2.67. The second-order valence-corrected chi connectivity index (χ2v) is 5.57. The standard InChI is InChI=1S/C5H4AsN3S2/c6-5-9-8-4(11-5)3-1-10-2-7-3/h1-2H,6H2. The molecule has 0 N–H and O–H groups in total. The van der Waals surface area contributed by atoms with Crippen LogP contribution < -0.4 is 3.80 Å². The third kappa shape index (κ3) is 1.50. The minimum atomic E-state index is 0.922. The summed E-state index contributed by atoms with van der Waals surface area (Å²) in [7, 11) is 0. The van der Waals surface area contributed by atoms with Gasteiger partial charge in [0.15, 0.2) is 0 Å². The summed E-state index contributed by atoms with van der Waals surface area (Å²) in [6.45, 7) is 0. The van der Waals surface area contributed by atoms with Crippen LogP contribution in [0.15, 0.2) is 10.9 Å². The Morgan fingerprint density at radius 1 is 1.36 bits per heavy atom. The van der Waals surface area contributed by atoms with Gasteiger partial charge in [-0.2, -0.15) is 0 Å². The molecule has 2 aromatic rings. The quantitative estimate of drug-likeness (QED) is 0.660. The van der Waals surface area contributed by atoms with E-state index in [1.165, 1.54) is 16.9 Å². The normalized spacial score (nSPS) is 10.3. The number of rotatable bonds is 1. The fraction of sp³-hybridized carbons (Fsp3) is 0. The van der Waals surface area contributed by atoms with Gasteiger partial charge >= 0.3 is 80.1 Å². The van der Waals surface area contributed by atoms with Crippen LogP contribution in [0.4, 0.5) is 0 Å². The molecule has 0 amide bonds. The van der Waals surface area contributed by atoms with Crippen LogP contribution in [-0.2, 0) is 0 Å². The number of nitrogens with zero attached hydrogens (tertiary/aromatic N) is 3. The van der Waals surface area contributed by atoms with E-state index < -0.39 is 0 Å². The molecule has 2 aromatic heterocycles. The van der Waals surface area contributed by atoms with E-state index >= 15 is 0 Å². The third-order valence-corrected chi connectivity index (χ3v) is 3.44. The zero-order chi connectivity index (χ0) is 7.68. The third-order valence-electron chi connectivity index (χ3n) is 1.09. The molecule has 0 saturated carbocycles. The van der Waals surface area contributed by atoms with E-state index in [0.717, 1.165) is 14.5 Å². The predicted molar refractivity (Wildman–Crippen MR) is 49.2 cm³/mol. The van der Waals surface area contributed by atoms with Gasteiger partial charge < -0.3 is 0 Å². The van der Waals surface area contributed by atoms with Gasteiger partial charge in [0.1, 0.15) is 0 Å². The van der Waals surface area contributed by atoms with Crippen LogP contribution in [0.1, 0.15) is 0 Å². The fourth-order valence-electron chi connectivity index (χ4n) is 0.656. The van der Waals surface area contributed by atoms with Gasteiger partial charge in [-0.15, -0.1) is 0 Å². The summed E-state index contributed by atoms with van der Waals surface area (Å²) in [4.78, 5) is 4.13. The summed E-state index contributed by atoms with van der Waals surface area (Å²) in [6.07, 6.45) is 0. The SMILES string of the molecule is [AsH2]c1nnc(-c2cscn2)s1. The van der Waals surface area contributed by atoms with Crippen LogP contribution >= 0.6 is 22.7 Å². The molecule has 0 aromatic carbocycles. The van der Waals surface area contributed by atoms with Crippen molar-refractivity contribution in [2.24, 2.45) is 0 Å². The molecule has 6 heteroatoms. The van der Waals surface area contributed by atoms with Gasteiger partial charge in [-0.05, 0) is 0 Å². The molecule has 0 saturated heterocycles. The van der Waals surface area contributed by atoms with Gasteiger partial charge in [0.05, 0.1) is 0 Å².